The first kappa shape index (κ1) is 17.2. The van der Waals surface area contributed by atoms with Gasteiger partial charge in [0.1, 0.15) is 11.6 Å². The fourth-order valence-corrected chi connectivity index (χ4v) is 1.81. The molecule has 0 bridgehead atoms. The zero-order valence-corrected chi connectivity index (χ0v) is 13.7. The molecule has 4 nitrogen and oxygen atoms in total. The highest BCUT2D eigenvalue weighted by Crippen LogP contribution is 2.23. The second-order valence-corrected chi connectivity index (χ2v) is 6.72. The van der Waals surface area contributed by atoms with Crippen LogP contribution in [0, 0.1) is 0 Å². The number of hydrogen-bond acceptors (Lipinski definition) is 3. The second kappa shape index (κ2) is 6.29. The smallest absolute Gasteiger partial charge is 0.328 e. The fourth-order valence-electron chi connectivity index (χ4n) is 1.81. The molecule has 0 spiro atoms. The summed E-state index contributed by atoms with van der Waals surface area (Å²) < 4.78 is 5.27. The number of esters is 1. The number of carbonyl (C=O) groups is 2. The van der Waals surface area contributed by atoms with Crippen molar-refractivity contribution in [2.45, 2.75) is 58.6 Å². The molecule has 0 aliphatic carbocycles. The SMILES string of the molecule is C[C@H](NC(=O)C(C)(C)c1ccccc1)C(=O)OC(C)(C)C. The van der Waals surface area contributed by atoms with Gasteiger partial charge in [0.2, 0.25) is 5.91 Å². The minimum absolute atomic E-state index is 0.202. The summed E-state index contributed by atoms with van der Waals surface area (Å²) >= 11 is 0. The molecule has 1 atom stereocenters. The van der Waals surface area contributed by atoms with E-state index in [0.29, 0.717) is 0 Å². The molecular formula is C17H25NO3. The van der Waals surface area contributed by atoms with Gasteiger partial charge in [-0.05, 0) is 47.1 Å². The third kappa shape index (κ3) is 4.88. The fraction of sp³-hybridized carbons (Fsp3) is 0.529. The Hall–Kier alpha value is -1.84. The van der Waals surface area contributed by atoms with Crippen molar-refractivity contribution in [3.8, 4) is 0 Å². The number of ether oxygens (including phenoxy) is 1. The molecular weight excluding hydrogens is 266 g/mol. The average Bonchev–Trinajstić information content (AvgIpc) is 2.37. The summed E-state index contributed by atoms with van der Waals surface area (Å²) in [5.74, 6) is -0.633. The summed E-state index contributed by atoms with van der Waals surface area (Å²) in [5.41, 5.74) is -0.373. The van der Waals surface area contributed by atoms with Crippen molar-refractivity contribution < 1.29 is 14.3 Å². The number of benzene rings is 1. The minimum atomic E-state index is -0.711. The number of carbonyl (C=O) groups excluding carboxylic acids is 2. The van der Waals surface area contributed by atoms with E-state index in [1.807, 2.05) is 44.2 Å². The van der Waals surface area contributed by atoms with E-state index in [9.17, 15) is 9.59 Å². The largest absolute Gasteiger partial charge is 0.458 e. The first-order chi connectivity index (χ1) is 9.54. The molecule has 0 aliphatic rings. The topological polar surface area (TPSA) is 55.4 Å². The summed E-state index contributed by atoms with van der Waals surface area (Å²) in [4.78, 5) is 24.3. The second-order valence-electron chi connectivity index (χ2n) is 6.72. The summed E-state index contributed by atoms with van der Waals surface area (Å²) in [5, 5.41) is 2.73. The van der Waals surface area contributed by atoms with Crippen LogP contribution >= 0.6 is 0 Å². The highest BCUT2D eigenvalue weighted by Gasteiger charge is 2.32. The number of nitrogens with one attached hydrogen (secondary N) is 1. The van der Waals surface area contributed by atoms with Crippen LogP contribution in [0.2, 0.25) is 0 Å². The molecule has 1 aromatic rings. The summed E-state index contributed by atoms with van der Waals surface area (Å²) in [6, 6.07) is 8.80. The molecule has 4 heteroatoms. The van der Waals surface area contributed by atoms with E-state index in [1.54, 1.807) is 27.7 Å². The third-order valence-electron chi connectivity index (χ3n) is 3.17. The standard InChI is InChI=1S/C17H25NO3/c1-12(14(19)21-16(2,3)4)18-15(20)17(5,6)13-10-8-7-9-11-13/h7-12H,1-6H3,(H,18,20)/t12-/m0/s1. The van der Waals surface area contributed by atoms with Crippen LogP contribution in [0.25, 0.3) is 0 Å². The van der Waals surface area contributed by atoms with Crippen molar-refractivity contribution in [1.82, 2.24) is 5.32 Å². The molecule has 1 rings (SSSR count). The Morgan fingerprint density at radius 2 is 1.57 bits per heavy atom. The van der Waals surface area contributed by atoms with E-state index in [2.05, 4.69) is 5.32 Å². The average molecular weight is 291 g/mol. The molecule has 0 fully saturated rings. The monoisotopic (exact) mass is 291 g/mol. The maximum absolute atomic E-state index is 12.4. The summed E-state index contributed by atoms with van der Waals surface area (Å²) in [6.45, 7) is 10.7. The molecule has 0 aliphatic heterocycles. The Kier molecular flexibility index (Phi) is 5.15. The number of hydrogen-bond donors (Lipinski definition) is 1. The van der Waals surface area contributed by atoms with Gasteiger partial charge < -0.3 is 10.1 Å². The van der Waals surface area contributed by atoms with Gasteiger partial charge in [0.05, 0.1) is 5.41 Å². The molecule has 116 valence electrons. The lowest BCUT2D eigenvalue weighted by Crippen LogP contribution is -2.48. The van der Waals surface area contributed by atoms with Gasteiger partial charge >= 0.3 is 5.97 Å². The van der Waals surface area contributed by atoms with E-state index >= 15 is 0 Å². The lowest BCUT2D eigenvalue weighted by atomic mass is 9.83. The summed E-state index contributed by atoms with van der Waals surface area (Å²) in [6.07, 6.45) is 0. The van der Waals surface area contributed by atoms with E-state index in [1.165, 1.54) is 0 Å². The van der Waals surface area contributed by atoms with Crippen LogP contribution in [0.1, 0.15) is 47.1 Å². The van der Waals surface area contributed by atoms with Crippen molar-refractivity contribution in [3.05, 3.63) is 35.9 Å². The van der Waals surface area contributed by atoms with Crippen LogP contribution in [0.5, 0.6) is 0 Å². The highest BCUT2D eigenvalue weighted by molar-refractivity contribution is 5.91. The van der Waals surface area contributed by atoms with Crippen molar-refractivity contribution in [1.29, 1.82) is 0 Å². The highest BCUT2D eigenvalue weighted by atomic mass is 16.6. The Morgan fingerprint density at radius 3 is 2.05 bits per heavy atom. The van der Waals surface area contributed by atoms with Crippen LogP contribution in [0.15, 0.2) is 30.3 Å². The van der Waals surface area contributed by atoms with Crippen LogP contribution < -0.4 is 5.32 Å². The molecule has 21 heavy (non-hydrogen) atoms. The van der Waals surface area contributed by atoms with Gasteiger partial charge in [-0.1, -0.05) is 30.3 Å². The summed E-state index contributed by atoms with van der Waals surface area (Å²) in [7, 11) is 0. The van der Waals surface area contributed by atoms with Crippen molar-refractivity contribution in [2.75, 3.05) is 0 Å². The Bertz CT molecular complexity index is 501. The Balaban J connectivity index is 2.74. The van der Waals surface area contributed by atoms with E-state index < -0.39 is 23.0 Å². The normalized spacial score (nSPS) is 13.4. The molecule has 1 amide bonds. The van der Waals surface area contributed by atoms with Gasteiger partial charge in [-0.25, -0.2) is 4.79 Å². The first-order valence-electron chi connectivity index (χ1n) is 7.13. The van der Waals surface area contributed by atoms with Crippen molar-refractivity contribution >= 4 is 11.9 Å². The molecule has 0 unspecified atom stereocenters. The molecule has 0 aromatic heterocycles. The van der Waals surface area contributed by atoms with Crippen LogP contribution in [-0.2, 0) is 19.7 Å². The molecule has 0 saturated carbocycles. The van der Waals surface area contributed by atoms with Gasteiger partial charge in [0.25, 0.3) is 0 Å². The van der Waals surface area contributed by atoms with Gasteiger partial charge in [0.15, 0.2) is 0 Å². The minimum Gasteiger partial charge on any atom is -0.458 e. The van der Waals surface area contributed by atoms with Gasteiger partial charge in [-0.2, -0.15) is 0 Å². The predicted octanol–water partition coefficient (Wildman–Crippen LogP) is 2.81. The van der Waals surface area contributed by atoms with Gasteiger partial charge in [-0.15, -0.1) is 0 Å². The van der Waals surface area contributed by atoms with Crippen LogP contribution in [0.3, 0.4) is 0 Å². The first-order valence-corrected chi connectivity index (χ1v) is 7.13. The zero-order valence-electron chi connectivity index (χ0n) is 13.7. The maximum atomic E-state index is 12.4. The third-order valence-corrected chi connectivity index (χ3v) is 3.17. The Labute approximate surface area is 126 Å². The molecule has 0 saturated heterocycles. The van der Waals surface area contributed by atoms with Crippen molar-refractivity contribution in [3.63, 3.8) is 0 Å². The van der Waals surface area contributed by atoms with Gasteiger partial charge in [-0.3, -0.25) is 4.79 Å². The Morgan fingerprint density at radius 1 is 1.05 bits per heavy atom. The van der Waals surface area contributed by atoms with Gasteiger partial charge in [0, 0.05) is 0 Å². The van der Waals surface area contributed by atoms with Crippen molar-refractivity contribution in [2.24, 2.45) is 0 Å². The number of amides is 1. The van der Waals surface area contributed by atoms with E-state index in [-0.39, 0.29) is 5.91 Å². The molecule has 0 heterocycles. The predicted molar refractivity (Wildman–Crippen MR) is 82.9 cm³/mol. The maximum Gasteiger partial charge on any atom is 0.328 e. The lowest BCUT2D eigenvalue weighted by molar-refractivity contribution is -0.158. The zero-order chi connectivity index (χ0) is 16.3. The quantitative estimate of drug-likeness (QED) is 0.868. The molecule has 0 radical (unpaired) electrons. The van der Waals surface area contributed by atoms with E-state index in [0.717, 1.165) is 5.56 Å². The van der Waals surface area contributed by atoms with Crippen LogP contribution in [0.4, 0.5) is 0 Å². The van der Waals surface area contributed by atoms with E-state index in [4.69, 9.17) is 4.74 Å². The molecule has 1 aromatic carbocycles. The van der Waals surface area contributed by atoms with Crippen LogP contribution in [-0.4, -0.2) is 23.5 Å². The number of rotatable bonds is 4. The lowest BCUT2D eigenvalue weighted by Gasteiger charge is -2.27. The molecule has 1 N–H and O–H groups in total.